The van der Waals surface area contributed by atoms with E-state index in [9.17, 15) is 4.79 Å². The Kier molecular flexibility index (Phi) is 2.46. The van der Waals surface area contributed by atoms with Crippen LogP contribution in [0.15, 0.2) is 0 Å². The van der Waals surface area contributed by atoms with Crippen LogP contribution in [0.4, 0.5) is 0 Å². The van der Waals surface area contributed by atoms with Crippen molar-refractivity contribution in [2.75, 3.05) is 19.8 Å². The fraction of sp³-hybridized carbons (Fsp3) is 0.857. The van der Waals surface area contributed by atoms with Crippen molar-refractivity contribution in [3.05, 3.63) is 0 Å². The lowest BCUT2D eigenvalue weighted by molar-refractivity contribution is -0.168. The lowest BCUT2D eigenvalue weighted by Gasteiger charge is -2.32. The molecule has 1 aliphatic rings. The zero-order valence-corrected chi connectivity index (χ0v) is 6.50. The van der Waals surface area contributed by atoms with E-state index < -0.39 is 11.6 Å². The molecule has 0 aliphatic carbocycles. The van der Waals surface area contributed by atoms with Gasteiger partial charge in [0.25, 0.3) is 0 Å². The van der Waals surface area contributed by atoms with Gasteiger partial charge in [-0.15, -0.1) is 0 Å². The van der Waals surface area contributed by atoms with E-state index in [0.717, 1.165) is 0 Å². The maximum Gasteiger partial charge on any atom is 0.306 e. The van der Waals surface area contributed by atoms with E-state index in [0.29, 0.717) is 19.8 Å². The van der Waals surface area contributed by atoms with Gasteiger partial charge in [-0.1, -0.05) is 0 Å². The average Bonchev–Trinajstić information content (AvgIpc) is 1.85. The monoisotopic (exact) mass is 160 g/mol. The van der Waals surface area contributed by atoms with E-state index in [1.807, 2.05) is 0 Å². The summed E-state index contributed by atoms with van der Waals surface area (Å²) in [5.74, 6) is -0.849. The van der Waals surface area contributed by atoms with Gasteiger partial charge in [0.15, 0.2) is 0 Å². The van der Waals surface area contributed by atoms with Crippen LogP contribution in [0.5, 0.6) is 0 Å². The molecule has 1 fully saturated rings. The second kappa shape index (κ2) is 3.19. The van der Waals surface area contributed by atoms with Crippen LogP contribution in [0.3, 0.4) is 0 Å². The molecule has 0 amide bonds. The Labute approximate surface area is 65.1 Å². The molecule has 0 saturated carbocycles. The topological polar surface area (TPSA) is 55.8 Å². The van der Waals surface area contributed by atoms with Crippen LogP contribution in [0.2, 0.25) is 0 Å². The summed E-state index contributed by atoms with van der Waals surface area (Å²) in [6.07, 6.45) is 0.00694. The standard InChI is InChI=1S/C7H12O4/c1-7(4-6(8)9)5-10-2-3-11-7/h2-5H2,1H3,(H,8,9). The van der Waals surface area contributed by atoms with Gasteiger partial charge in [-0.05, 0) is 6.92 Å². The number of rotatable bonds is 2. The molecule has 0 aromatic rings. The Hall–Kier alpha value is -0.610. The number of carboxylic acid groups (broad SMARTS) is 1. The average molecular weight is 160 g/mol. The van der Waals surface area contributed by atoms with Crippen LogP contribution < -0.4 is 0 Å². The second-order valence-electron chi connectivity index (χ2n) is 2.92. The maximum atomic E-state index is 10.3. The number of carboxylic acids is 1. The molecule has 11 heavy (non-hydrogen) atoms. The van der Waals surface area contributed by atoms with Crippen LogP contribution in [0.1, 0.15) is 13.3 Å². The van der Waals surface area contributed by atoms with E-state index in [4.69, 9.17) is 14.6 Å². The fourth-order valence-electron chi connectivity index (χ4n) is 1.10. The Bertz CT molecular complexity index is 149. The minimum absolute atomic E-state index is 0.00694. The van der Waals surface area contributed by atoms with Gasteiger partial charge in [-0.25, -0.2) is 0 Å². The zero-order chi connectivity index (χ0) is 8.32. The molecule has 1 N–H and O–H groups in total. The lowest BCUT2D eigenvalue weighted by atomic mass is 10.0. The predicted octanol–water partition coefficient (Wildman–Crippen LogP) is 0.267. The zero-order valence-electron chi connectivity index (χ0n) is 6.50. The highest BCUT2D eigenvalue weighted by atomic mass is 16.6. The summed E-state index contributed by atoms with van der Waals surface area (Å²) in [7, 11) is 0. The van der Waals surface area contributed by atoms with Crippen molar-refractivity contribution in [3.63, 3.8) is 0 Å². The van der Waals surface area contributed by atoms with Crippen LogP contribution in [-0.4, -0.2) is 36.5 Å². The summed E-state index contributed by atoms with van der Waals surface area (Å²) in [4.78, 5) is 10.3. The van der Waals surface area contributed by atoms with E-state index in [-0.39, 0.29) is 6.42 Å². The number of ether oxygens (including phenoxy) is 2. The molecule has 0 aromatic carbocycles. The van der Waals surface area contributed by atoms with Crippen molar-refractivity contribution in [1.29, 1.82) is 0 Å². The fourth-order valence-corrected chi connectivity index (χ4v) is 1.10. The molecule has 0 spiro atoms. The highest BCUT2D eigenvalue weighted by molar-refractivity contribution is 5.68. The predicted molar refractivity (Wildman–Crippen MR) is 37.4 cm³/mol. The molecule has 4 heteroatoms. The van der Waals surface area contributed by atoms with Gasteiger partial charge in [0.1, 0.15) is 0 Å². The summed E-state index contributed by atoms with van der Waals surface area (Å²) in [5.41, 5.74) is -0.621. The van der Waals surface area contributed by atoms with Crippen molar-refractivity contribution in [1.82, 2.24) is 0 Å². The molecule has 0 aromatic heterocycles. The first-order valence-corrected chi connectivity index (χ1v) is 3.56. The first-order chi connectivity index (χ1) is 5.12. The molecule has 1 atom stereocenters. The minimum Gasteiger partial charge on any atom is -0.481 e. The third kappa shape index (κ3) is 2.48. The third-order valence-corrected chi connectivity index (χ3v) is 1.61. The molecular formula is C7H12O4. The van der Waals surface area contributed by atoms with Gasteiger partial charge >= 0.3 is 5.97 Å². The Morgan fingerprint density at radius 3 is 2.82 bits per heavy atom. The molecule has 0 bridgehead atoms. The molecule has 4 nitrogen and oxygen atoms in total. The summed E-state index contributed by atoms with van der Waals surface area (Å²) in [6, 6.07) is 0. The first-order valence-electron chi connectivity index (χ1n) is 3.56. The van der Waals surface area contributed by atoms with Gasteiger partial charge in [-0.3, -0.25) is 4.79 Å². The summed E-state index contributed by atoms with van der Waals surface area (Å²) in [6.45, 7) is 3.18. The Morgan fingerprint density at radius 2 is 2.36 bits per heavy atom. The van der Waals surface area contributed by atoms with Gasteiger partial charge in [-0.2, -0.15) is 0 Å². The molecule has 0 radical (unpaired) electrons. The lowest BCUT2D eigenvalue weighted by Crippen LogP contribution is -2.42. The summed E-state index contributed by atoms with van der Waals surface area (Å²) < 4.78 is 10.4. The van der Waals surface area contributed by atoms with Crippen LogP contribution >= 0.6 is 0 Å². The summed E-state index contributed by atoms with van der Waals surface area (Å²) >= 11 is 0. The van der Waals surface area contributed by atoms with Crippen molar-refractivity contribution >= 4 is 5.97 Å². The van der Waals surface area contributed by atoms with Gasteiger partial charge in [0, 0.05) is 0 Å². The third-order valence-electron chi connectivity index (χ3n) is 1.61. The minimum atomic E-state index is -0.849. The smallest absolute Gasteiger partial charge is 0.306 e. The largest absolute Gasteiger partial charge is 0.481 e. The normalized spacial score (nSPS) is 31.7. The van der Waals surface area contributed by atoms with Crippen LogP contribution in [0, 0.1) is 0 Å². The van der Waals surface area contributed by atoms with E-state index in [1.165, 1.54) is 0 Å². The molecule has 1 heterocycles. The van der Waals surface area contributed by atoms with Crippen molar-refractivity contribution in [2.24, 2.45) is 0 Å². The molecule has 1 rings (SSSR count). The van der Waals surface area contributed by atoms with Crippen LogP contribution in [0.25, 0.3) is 0 Å². The SMILES string of the molecule is CC1(CC(=O)O)COCCO1. The van der Waals surface area contributed by atoms with Crippen molar-refractivity contribution < 1.29 is 19.4 Å². The number of hydrogen-bond acceptors (Lipinski definition) is 3. The highest BCUT2D eigenvalue weighted by Gasteiger charge is 2.31. The molecule has 1 aliphatic heterocycles. The Morgan fingerprint density at radius 1 is 1.64 bits per heavy atom. The van der Waals surface area contributed by atoms with Gasteiger partial charge in [0.2, 0.25) is 0 Å². The van der Waals surface area contributed by atoms with Crippen molar-refractivity contribution in [3.8, 4) is 0 Å². The first kappa shape index (κ1) is 8.49. The second-order valence-corrected chi connectivity index (χ2v) is 2.92. The van der Waals surface area contributed by atoms with Crippen molar-refractivity contribution in [2.45, 2.75) is 18.9 Å². The number of aliphatic carboxylic acids is 1. The van der Waals surface area contributed by atoms with Crippen LogP contribution in [-0.2, 0) is 14.3 Å². The number of carbonyl (C=O) groups is 1. The maximum absolute atomic E-state index is 10.3. The van der Waals surface area contributed by atoms with E-state index in [2.05, 4.69) is 0 Å². The molecule has 64 valence electrons. The van der Waals surface area contributed by atoms with Gasteiger partial charge < -0.3 is 14.6 Å². The molecule has 1 unspecified atom stereocenters. The Balaban J connectivity index is 2.43. The molecule has 1 saturated heterocycles. The quantitative estimate of drug-likeness (QED) is 0.629. The van der Waals surface area contributed by atoms with E-state index in [1.54, 1.807) is 6.92 Å². The molecular weight excluding hydrogens is 148 g/mol. The highest BCUT2D eigenvalue weighted by Crippen LogP contribution is 2.18. The number of hydrogen-bond donors (Lipinski definition) is 1. The summed E-state index contributed by atoms with van der Waals surface area (Å²) in [5, 5.41) is 8.50. The van der Waals surface area contributed by atoms with E-state index >= 15 is 0 Å². The van der Waals surface area contributed by atoms with Gasteiger partial charge in [0.05, 0.1) is 31.8 Å².